The lowest BCUT2D eigenvalue weighted by atomic mass is 9.92. The molecule has 5 N–H and O–H groups in total. The highest BCUT2D eigenvalue weighted by atomic mass is 16.5. The Hall–Kier alpha value is -3.44. The molecule has 32 heavy (non-hydrogen) atoms. The minimum atomic E-state index is -0.546. The van der Waals surface area contributed by atoms with Gasteiger partial charge in [-0.15, -0.1) is 0 Å². The first-order valence-corrected chi connectivity index (χ1v) is 9.76. The largest absolute Gasteiger partial charge is 0.490 e. The molecule has 0 amide bonds. The second-order valence-electron chi connectivity index (χ2n) is 7.42. The highest BCUT2D eigenvalue weighted by Gasteiger charge is 2.14. The van der Waals surface area contributed by atoms with Gasteiger partial charge in [0.25, 0.3) is 0 Å². The van der Waals surface area contributed by atoms with Crippen LogP contribution in [-0.4, -0.2) is 28.8 Å². The first-order chi connectivity index (χ1) is 14.2. The van der Waals surface area contributed by atoms with Crippen LogP contribution in [0.25, 0.3) is 12.7 Å². The van der Waals surface area contributed by atoms with Gasteiger partial charge in [-0.1, -0.05) is 81.5 Å². The molecule has 0 aliphatic heterocycles. The van der Waals surface area contributed by atoms with Crippen molar-refractivity contribution in [3.05, 3.63) is 131 Å². The Balaban J connectivity index is 0. The second-order valence-corrected chi connectivity index (χ2v) is 7.42. The summed E-state index contributed by atoms with van der Waals surface area (Å²) in [7, 11) is 0. The summed E-state index contributed by atoms with van der Waals surface area (Å²) in [5, 5.41) is 11.9. The van der Waals surface area contributed by atoms with Gasteiger partial charge in [0, 0.05) is 1.43 Å². The summed E-state index contributed by atoms with van der Waals surface area (Å²) in [6.07, 6.45) is 11.3. The van der Waals surface area contributed by atoms with E-state index in [0.717, 1.165) is 32.7 Å². The lowest BCUT2D eigenvalue weighted by molar-refractivity contribution is 0.215. The molecule has 0 heterocycles. The topological polar surface area (TPSA) is 92.5 Å². The molecule has 4 heteroatoms. The fourth-order valence-corrected chi connectivity index (χ4v) is 2.86. The van der Waals surface area contributed by atoms with E-state index in [9.17, 15) is 5.11 Å². The van der Waals surface area contributed by atoms with Crippen LogP contribution < -0.4 is 10.4 Å². The van der Waals surface area contributed by atoms with Gasteiger partial charge in [-0.05, 0) is 69.9 Å². The van der Waals surface area contributed by atoms with Crippen molar-refractivity contribution in [3.63, 3.8) is 0 Å². The Morgan fingerprint density at radius 2 is 1.78 bits per heavy atom. The van der Waals surface area contributed by atoms with Gasteiger partial charge in [0.05, 0.1) is 6.10 Å². The third-order valence-electron chi connectivity index (χ3n) is 4.74. The minimum absolute atomic E-state index is 0. The van der Waals surface area contributed by atoms with Crippen molar-refractivity contribution in [1.82, 2.24) is 0 Å². The zero-order valence-electron chi connectivity index (χ0n) is 18.8. The van der Waals surface area contributed by atoms with Crippen LogP contribution >= 0.6 is 0 Å². The van der Waals surface area contributed by atoms with Crippen molar-refractivity contribution in [2.45, 2.75) is 19.4 Å². The third-order valence-corrected chi connectivity index (χ3v) is 4.74. The molecule has 0 radical (unpaired) electrons. The van der Waals surface area contributed by atoms with E-state index in [1.807, 2.05) is 49.4 Å². The summed E-state index contributed by atoms with van der Waals surface area (Å²) in [5.74, 6) is 0.502. The number of hydrogen-bond donors (Lipinski definition) is 1. The van der Waals surface area contributed by atoms with E-state index in [1.54, 1.807) is 12.2 Å². The SMILES string of the molecule is C=C(/C=c1/ccc(C)cc1=C)COC(=C)/C=C\C(=C)C(=C)/C=C1/C=CCC(O)C1=C.O.O.[HH]. The van der Waals surface area contributed by atoms with Crippen molar-refractivity contribution in [1.29, 1.82) is 0 Å². The molecule has 2 rings (SSSR count). The number of aryl methyl sites for hydroxylation is 1. The van der Waals surface area contributed by atoms with E-state index < -0.39 is 6.10 Å². The van der Waals surface area contributed by atoms with Crippen LogP contribution in [0.4, 0.5) is 0 Å². The van der Waals surface area contributed by atoms with Crippen LogP contribution in [-0.2, 0) is 4.74 Å². The molecule has 172 valence electrons. The molecule has 1 aliphatic carbocycles. The molecule has 1 atom stereocenters. The average molecular weight is 437 g/mol. The predicted octanol–water partition coefficient (Wildman–Crippen LogP) is 3.34. The van der Waals surface area contributed by atoms with Crippen molar-refractivity contribution in [2.24, 2.45) is 0 Å². The quantitative estimate of drug-likeness (QED) is 0.500. The van der Waals surface area contributed by atoms with E-state index in [2.05, 4.69) is 39.5 Å². The zero-order chi connectivity index (χ0) is 22.3. The Morgan fingerprint density at radius 1 is 1.09 bits per heavy atom. The van der Waals surface area contributed by atoms with Gasteiger partial charge in [0.15, 0.2) is 0 Å². The summed E-state index contributed by atoms with van der Waals surface area (Å²) in [4.78, 5) is 0. The molecule has 1 unspecified atom stereocenters. The Kier molecular flexibility index (Phi) is 11.7. The molecule has 0 saturated heterocycles. The lowest BCUT2D eigenvalue weighted by Crippen LogP contribution is -2.23. The fraction of sp³-hybridized carbons (Fsp3) is 0.143. The molecule has 1 aromatic rings. The number of ether oxygens (including phenoxy) is 1. The summed E-state index contributed by atoms with van der Waals surface area (Å²) >= 11 is 0. The molecular formula is C28H36O4. The number of benzene rings is 1. The molecule has 0 bridgehead atoms. The van der Waals surface area contributed by atoms with Crippen LogP contribution in [0.5, 0.6) is 0 Å². The predicted molar refractivity (Wildman–Crippen MR) is 138 cm³/mol. The molecule has 1 aromatic carbocycles. The number of allylic oxidation sites excluding steroid dienone is 6. The van der Waals surface area contributed by atoms with Gasteiger partial charge >= 0.3 is 0 Å². The van der Waals surface area contributed by atoms with Crippen LogP contribution in [0.3, 0.4) is 0 Å². The molecule has 1 aliphatic rings. The maximum Gasteiger partial charge on any atom is 0.113 e. The average Bonchev–Trinajstić information content (AvgIpc) is 2.70. The first-order valence-electron chi connectivity index (χ1n) is 9.76. The van der Waals surface area contributed by atoms with E-state index in [4.69, 9.17) is 4.74 Å². The monoisotopic (exact) mass is 436 g/mol. The minimum Gasteiger partial charge on any atom is -0.490 e. The van der Waals surface area contributed by atoms with Gasteiger partial charge in [-0.2, -0.15) is 0 Å². The number of rotatable bonds is 8. The summed E-state index contributed by atoms with van der Waals surface area (Å²) < 4.78 is 5.67. The lowest BCUT2D eigenvalue weighted by Gasteiger charge is -2.18. The molecule has 4 nitrogen and oxygen atoms in total. The van der Waals surface area contributed by atoms with E-state index >= 15 is 0 Å². The van der Waals surface area contributed by atoms with Gasteiger partial charge in [0.2, 0.25) is 0 Å². The van der Waals surface area contributed by atoms with Crippen LogP contribution in [0.15, 0.2) is 115 Å². The van der Waals surface area contributed by atoms with E-state index in [-0.39, 0.29) is 12.4 Å². The maximum absolute atomic E-state index is 9.90. The van der Waals surface area contributed by atoms with Crippen molar-refractivity contribution in [3.8, 4) is 0 Å². The second kappa shape index (κ2) is 13.1. The van der Waals surface area contributed by atoms with Crippen LogP contribution in [0.1, 0.15) is 13.4 Å². The van der Waals surface area contributed by atoms with Crippen molar-refractivity contribution in [2.75, 3.05) is 6.61 Å². The summed E-state index contributed by atoms with van der Waals surface area (Å²) in [6.45, 7) is 26.4. The fourth-order valence-electron chi connectivity index (χ4n) is 2.86. The van der Waals surface area contributed by atoms with Gasteiger partial charge < -0.3 is 20.8 Å². The summed E-state index contributed by atoms with van der Waals surface area (Å²) in [5.41, 5.74) is 5.00. The zero-order valence-corrected chi connectivity index (χ0v) is 18.8. The Morgan fingerprint density at radius 3 is 2.44 bits per heavy atom. The van der Waals surface area contributed by atoms with Gasteiger partial charge in [-0.25, -0.2) is 0 Å². The molecular weight excluding hydrogens is 400 g/mol. The highest BCUT2D eigenvalue weighted by Crippen LogP contribution is 2.24. The van der Waals surface area contributed by atoms with Gasteiger partial charge in [-0.3, -0.25) is 0 Å². The number of aliphatic hydroxyl groups excluding tert-OH is 1. The smallest absolute Gasteiger partial charge is 0.113 e. The highest BCUT2D eigenvalue weighted by molar-refractivity contribution is 5.53. The standard InChI is InChI=1S/C28H30O2.2H2O.H2/c1-19-11-14-26(23(5)15-19)16-20(2)18-30-24(6)13-12-21(3)22(4)17-27-9-8-10-28(29)25(27)7;;;/h8-9,11-17,28-29H,2-7,10,18H2,1H3;2*1H2;1H/b13-12-,26-16-,27-17-;;;. The number of aliphatic hydroxyl groups is 1. The molecule has 0 fully saturated rings. The van der Waals surface area contributed by atoms with Gasteiger partial charge in [0.1, 0.15) is 12.4 Å². The van der Waals surface area contributed by atoms with E-state index in [0.29, 0.717) is 24.4 Å². The number of hydrogen-bond acceptors (Lipinski definition) is 2. The van der Waals surface area contributed by atoms with E-state index in [1.165, 1.54) is 5.56 Å². The Bertz CT molecular complexity index is 1100. The molecule has 0 saturated carbocycles. The molecule has 0 aromatic heterocycles. The Labute approximate surface area is 192 Å². The first kappa shape index (κ1) is 28.6. The maximum atomic E-state index is 9.90. The van der Waals surface area contributed by atoms with Crippen molar-refractivity contribution >= 4 is 12.7 Å². The van der Waals surface area contributed by atoms with Crippen LogP contribution in [0, 0.1) is 6.92 Å². The normalized spacial score (nSPS) is 16.9. The summed E-state index contributed by atoms with van der Waals surface area (Å²) in [6, 6.07) is 6.11. The van der Waals surface area contributed by atoms with Crippen LogP contribution in [0.2, 0.25) is 0 Å². The third kappa shape index (κ3) is 8.36. The van der Waals surface area contributed by atoms with Crippen molar-refractivity contribution < 1.29 is 22.2 Å². The molecule has 0 spiro atoms.